The summed E-state index contributed by atoms with van der Waals surface area (Å²) < 4.78 is 7.20. The monoisotopic (exact) mass is 1020 g/mol. The molecule has 0 aliphatic carbocycles. The van der Waals surface area contributed by atoms with Crippen molar-refractivity contribution < 1.29 is 0 Å². The molecule has 0 saturated heterocycles. The number of fused-ring (bicyclic) bond motifs is 10. The third kappa shape index (κ3) is 7.31. The van der Waals surface area contributed by atoms with Gasteiger partial charge >= 0.3 is 0 Å². The summed E-state index contributed by atoms with van der Waals surface area (Å²) in [5.41, 5.74) is 21.0. The van der Waals surface area contributed by atoms with Crippen LogP contribution in [0.25, 0.3) is 127 Å². The predicted molar refractivity (Wildman–Crippen MR) is 338 cm³/mol. The summed E-state index contributed by atoms with van der Waals surface area (Å²) in [4.78, 5) is 2.42. The van der Waals surface area contributed by atoms with E-state index in [1.165, 1.54) is 98.4 Å². The molecule has 16 aromatic rings. The van der Waals surface area contributed by atoms with Crippen LogP contribution in [0.2, 0.25) is 0 Å². The maximum atomic E-state index is 2.44. The molecule has 80 heavy (non-hydrogen) atoms. The van der Waals surface area contributed by atoms with Crippen molar-refractivity contribution in [3.63, 3.8) is 0 Å². The van der Waals surface area contributed by atoms with Gasteiger partial charge in [-0.1, -0.05) is 206 Å². The van der Waals surface area contributed by atoms with Gasteiger partial charge in [0.25, 0.3) is 0 Å². The van der Waals surface area contributed by atoms with Crippen LogP contribution in [0.1, 0.15) is 0 Å². The molecular weight excluding hydrogens is 969 g/mol. The van der Waals surface area contributed by atoms with Crippen molar-refractivity contribution >= 4 is 93.3 Å². The molecule has 0 fully saturated rings. The minimum atomic E-state index is 1.07. The summed E-state index contributed by atoms with van der Waals surface area (Å²) >= 11 is 0. The van der Waals surface area contributed by atoms with Crippen molar-refractivity contribution in [3.8, 4) is 50.4 Å². The molecule has 3 aromatic heterocycles. The minimum Gasteiger partial charge on any atom is -0.310 e. The van der Waals surface area contributed by atoms with E-state index in [9.17, 15) is 0 Å². The molecule has 0 amide bonds. The van der Waals surface area contributed by atoms with E-state index in [0.29, 0.717) is 0 Å². The minimum absolute atomic E-state index is 1.07. The van der Waals surface area contributed by atoms with Gasteiger partial charge in [0.05, 0.1) is 44.5 Å². The zero-order valence-corrected chi connectivity index (χ0v) is 43.7. The SMILES string of the molecule is c1ccc(-n2c3ccccc3c3ccc(-c4ccc(-c5ccc(N(c6ccc(-c7ccc(-n8c9ccccc9c9ccccc98)cc7)cc6)c6ccc(-n7c8ccccc8c8ccccc87)c7ccccc67)cc5)cc4)cc32)cc1. The van der Waals surface area contributed by atoms with Gasteiger partial charge in [-0.15, -0.1) is 0 Å². The maximum Gasteiger partial charge on any atom is 0.0547 e. The zero-order chi connectivity index (χ0) is 52.7. The van der Waals surface area contributed by atoms with Crippen LogP contribution in [0.5, 0.6) is 0 Å². The molecule has 0 radical (unpaired) electrons. The topological polar surface area (TPSA) is 18.0 Å². The van der Waals surface area contributed by atoms with Gasteiger partial charge in [-0.05, 0) is 130 Å². The highest BCUT2D eigenvalue weighted by molar-refractivity contribution is 6.13. The second-order valence-corrected chi connectivity index (χ2v) is 20.9. The van der Waals surface area contributed by atoms with Gasteiger partial charge in [-0.25, -0.2) is 0 Å². The molecule has 0 atom stereocenters. The quantitative estimate of drug-likeness (QED) is 0.141. The Balaban J connectivity index is 0.773. The number of hydrogen-bond acceptors (Lipinski definition) is 1. The summed E-state index contributed by atoms with van der Waals surface area (Å²) in [6.45, 7) is 0. The fraction of sp³-hybridized carbons (Fsp3) is 0. The van der Waals surface area contributed by atoms with Crippen molar-refractivity contribution in [2.75, 3.05) is 4.90 Å². The molecule has 0 aliphatic heterocycles. The summed E-state index contributed by atoms with van der Waals surface area (Å²) in [6.07, 6.45) is 0. The van der Waals surface area contributed by atoms with E-state index in [-0.39, 0.29) is 0 Å². The molecule has 0 saturated carbocycles. The molecule has 4 nitrogen and oxygen atoms in total. The fourth-order valence-corrected chi connectivity index (χ4v) is 12.7. The van der Waals surface area contributed by atoms with E-state index in [1.54, 1.807) is 0 Å². The molecule has 4 heteroatoms. The van der Waals surface area contributed by atoms with E-state index >= 15 is 0 Å². The van der Waals surface area contributed by atoms with Gasteiger partial charge in [0, 0.05) is 65.8 Å². The van der Waals surface area contributed by atoms with Crippen LogP contribution >= 0.6 is 0 Å². The smallest absolute Gasteiger partial charge is 0.0547 e. The molecule has 0 N–H and O–H groups in total. The van der Waals surface area contributed by atoms with E-state index in [2.05, 4.69) is 322 Å². The van der Waals surface area contributed by atoms with Crippen LogP contribution in [0.15, 0.2) is 303 Å². The molecule has 374 valence electrons. The van der Waals surface area contributed by atoms with Crippen LogP contribution in [-0.2, 0) is 0 Å². The van der Waals surface area contributed by atoms with E-state index in [0.717, 1.165) is 45.3 Å². The maximum absolute atomic E-state index is 2.44. The van der Waals surface area contributed by atoms with Crippen LogP contribution in [0.3, 0.4) is 0 Å². The molecule has 0 spiro atoms. The largest absolute Gasteiger partial charge is 0.310 e. The van der Waals surface area contributed by atoms with E-state index in [4.69, 9.17) is 0 Å². The highest BCUT2D eigenvalue weighted by Gasteiger charge is 2.21. The Morgan fingerprint density at radius 3 is 1.00 bits per heavy atom. The third-order valence-electron chi connectivity index (χ3n) is 16.5. The summed E-state index contributed by atoms with van der Waals surface area (Å²) in [5.74, 6) is 0. The number of anilines is 3. The number of benzene rings is 13. The average molecular weight is 1020 g/mol. The lowest BCUT2D eigenvalue weighted by atomic mass is 9.99. The normalized spacial score (nSPS) is 11.8. The molecule has 0 bridgehead atoms. The van der Waals surface area contributed by atoms with Gasteiger partial charge in [0.15, 0.2) is 0 Å². The van der Waals surface area contributed by atoms with Crippen LogP contribution in [0.4, 0.5) is 17.1 Å². The zero-order valence-electron chi connectivity index (χ0n) is 43.7. The number of nitrogens with zero attached hydrogens (tertiary/aromatic N) is 4. The number of hydrogen-bond donors (Lipinski definition) is 0. The first kappa shape index (κ1) is 45.5. The van der Waals surface area contributed by atoms with Gasteiger partial charge in [-0.3, -0.25) is 0 Å². The van der Waals surface area contributed by atoms with Gasteiger partial charge in [0.1, 0.15) is 0 Å². The Labute approximate surface area is 463 Å². The average Bonchev–Trinajstić information content (AvgIpc) is 4.22. The Kier molecular flexibility index (Phi) is 10.5. The van der Waals surface area contributed by atoms with Gasteiger partial charge < -0.3 is 18.6 Å². The van der Waals surface area contributed by atoms with E-state index < -0.39 is 0 Å². The van der Waals surface area contributed by atoms with Crippen molar-refractivity contribution in [2.24, 2.45) is 0 Å². The van der Waals surface area contributed by atoms with Crippen LogP contribution < -0.4 is 4.90 Å². The first-order valence-electron chi connectivity index (χ1n) is 27.5. The van der Waals surface area contributed by atoms with Crippen molar-refractivity contribution in [2.45, 2.75) is 0 Å². The van der Waals surface area contributed by atoms with Gasteiger partial charge in [0.2, 0.25) is 0 Å². The second kappa shape index (κ2) is 18.5. The lowest BCUT2D eigenvalue weighted by molar-refractivity contribution is 1.18. The molecular formula is C76H50N4. The number of aromatic nitrogens is 3. The Morgan fingerprint density at radius 2 is 0.525 bits per heavy atom. The first-order chi connectivity index (χ1) is 39.7. The highest BCUT2D eigenvalue weighted by atomic mass is 15.1. The number of para-hydroxylation sites is 6. The standard InChI is InChI=1S/C76H50N4/c1-2-16-57(17-3-1)79-71-27-13-8-24-67(71)68-47-40-56(50-76(68)79)55-32-30-51(31-33-55)52-34-41-58(42-35-52)77(74-48-49-75(66-19-5-4-18-65(66)74)80-72-28-14-9-22-63(72)64-23-10-15-29-73(64)80)59-43-36-53(37-44-59)54-38-45-60(46-39-54)78-69-25-11-6-20-61(69)62-21-7-12-26-70(62)78/h1-50H. The molecule has 16 rings (SSSR count). The highest BCUT2D eigenvalue weighted by Crippen LogP contribution is 2.44. The summed E-state index contributed by atoms with van der Waals surface area (Å²) in [7, 11) is 0. The molecule has 3 heterocycles. The van der Waals surface area contributed by atoms with Gasteiger partial charge in [-0.2, -0.15) is 0 Å². The Bertz CT molecular complexity index is 4920. The second-order valence-electron chi connectivity index (χ2n) is 20.9. The van der Waals surface area contributed by atoms with E-state index in [1.807, 2.05) is 0 Å². The van der Waals surface area contributed by atoms with Crippen molar-refractivity contribution in [1.82, 2.24) is 13.7 Å². The molecule has 13 aromatic carbocycles. The molecule has 0 unspecified atom stereocenters. The summed E-state index contributed by atoms with van der Waals surface area (Å²) in [5, 5.41) is 9.88. The third-order valence-corrected chi connectivity index (χ3v) is 16.5. The van der Waals surface area contributed by atoms with Crippen LogP contribution in [0, 0.1) is 0 Å². The fourth-order valence-electron chi connectivity index (χ4n) is 12.7. The Morgan fingerprint density at radius 1 is 0.200 bits per heavy atom. The van der Waals surface area contributed by atoms with Crippen molar-refractivity contribution in [1.29, 1.82) is 0 Å². The number of rotatable bonds is 9. The Hall–Kier alpha value is -10.7. The lowest BCUT2D eigenvalue weighted by Crippen LogP contribution is -2.11. The van der Waals surface area contributed by atoms with Crippen molar-refractivity contribution in [3.05, 3.63) is 303 Å². The molecule has 0 aliphatic rings. The van der Waals surface area contributed by atoms with Crippen LogP contribution in [-0.4, -0.2) is 13.7 Å². The lowest BCUT2D eigenvalue weighted by Gasteiger charge is -2.28. The predicted octanol–water partition coefficient (Wildman–Crippen LogP) is 20.6. The summed E-state index contributed by atoms with van der Waals surface area (Å²) in [6, 6.07) is 111. The first-order valence-corrected chi connectivity index (χ1v) is 27.5.